The van der Waals surface area contributed by atoms with Gasteiger partial charge in [0, 0.05) is 37.6 Å². The first-order valence-corrected chi connectivity index (χ1v) is 10.2. The Hall–Kier alpha value is -2.29. The lowest BCUT2D eigenvalue weighted by molar-refractivity contribution is -0.0440. The van der Waals surface area contributed by atoms with Gasteiger partial charge in [-0.05, 0) is 55.8 Å². The number of hydrogen-bond donors (Lipinski definition) is 1. The Kier molecular flexibility index (Phi) is 5.88. The maximum Gasteiger partial charge on any atom is 0.251 e. The van der Waals surface area contributed by atoms with Gasteiger partial charge in [0.2, 0.25) is 10.0 Å². The summed E-state index contributed by atoms with van der Waals surface area (Å²) in [5, 5.41) is 2.81. The molecule has 1 fully saturated rings. The molecule has 1 aromatic heterocycles. The molecule has 2 aromatic rings. The van der Waals surface area contributed by atoms with Crippen molar-refractivity contribution in [1.82, 2.24) is 14.6 Å². The topological polar surface area (TPSA) is 88.6 Å². The summed E-state index contributed by atoms with van der Waals surface area (Å²) < 4.78 is 32.7. The number of pyridine rings is 1. The molecule has 0 radical (unpaired) electrons. The molecule has 1 aromatic carbocycles. The van der Waals surface area contributed by atoms with Gasteiger partial charge in [0.15, 0.2) is 0 Å². The predicted octanol–water partition coefficient (Wildman–Crippen LogP) is 1.81. The fourth-order valence-electron chi connectivity index (χ4n) is 3.04. The van der Waals surface area contributed by atoms with Gasteiger partial charge in [-0.1, -0.05) is 0 Å². The fraction of sp³-hybridized carbons (Fsp3) is 0.368. The summed E-state index contributed by atoms with van der Waals surface area (Å²) in [6.45, 7) is 4.73. The number of hydrogen-bond acceptors (Lipinski definition) is 5. The molecule has 1 N–H and O–H groups in total. The molecule has 1 aliphatic heterocycles. The first kappa shape index (κ1) is 19.5. The molecule has 2 atom stereocenters. The van der Waals surface area contributed by atoms with E-state index in [-0.39, 0.29) is 23.0 Å². The summed E-state index contributed by atoms with van der Waals surface area (Å²) in [4.78, 5) is 16.4. The van der Waals surface area contributed by atoms with Crippen LogP contribution in [0.4, 0.5) is 0 Å². The van der Waals surface area contributed by atoms with Gasteiger partial charge in [-0.2, -0.15) is 4.31 Å². The Morgan fingerprint density at radius 1 is 1.11 bits per heavy atom. The third-order valence-electron chi connectivity index (χ3n) is 4.34. The SMILES string of the molecule is CC1CN(S(=O)(=O)c2ccc(C(=O)NCc3ccncc3)cc2)CC(C)O1. The zero-order valence-corrected chi connectivity index (χ0v) is 16.1. The Bertz CT molecular complexity index is 875. The minimum Gasteiger partial charge on any atom is -0.373 e. The summed E-state index contributed by atoms with van der Waals surface area (Å²) in [5.74, 6) is -0.260. The molecule has 2 heterocycles. The van der Waals surface area contributed by atoms with E-state index in [0.29, 0.717) is 25.2 Å². The van der Waals surface area contributed by atoms with Crippen molar-refractivity contribution in [2.24, 2.45) is 0 Å². The number of nitrogens with one attached hydrogen (secondary N) is 1. The van der Waals surface area contributed by atoms with Crippen LogP contribution in [0, 0.1) is 0 Å². The minimum atomic E-state index is -3.61. The average Bonchev–Trinajstić information content (AvgIpc) is 2.66. The molecule has 1 saturated heterocycles. The van der Waals surface area contributed by atoms with Crippen LogP contribution in [0.15, 0.2) is 53.7 Å². The molecular weight excluding hydrogens is 366 g/mol. The minimum absolute atomic E-state index is 0.151. The molecule has 1 aliphatic rings. The highest BCUT2D eigenvalue weighted by Gasteiger charge is 2.32. The Labute approximate surface area is 159 Å². The molecule has 7 nitrogen and oxygen atoms in total. The highest BCUT2D eigenvalue weighted by Crippen LogP contribution is 2.21. The lowest BCUT2D eigenvalue weighted by Crippen LogP contribution is -2.48. The fourth-order valence-corrected chi connectivity index (χ4v) is 4.63. The van der Waals surface area contributed by atoms with E-state index in [1.807, 2.05) is 26.0 Å². The van der Waals surface area contributed by atoms with Crippen molar-refractivity contribution >= 4 is 15.9 Å². The second-order valence-electron chi connectivity index (χ2n) is 6.64. The summed E-state index contributed by atoms with van der Waals surface area (Å²) in [5.41, 5.74) is 1.35. The van der Waals surface area contributed by atoms with Gasteiger partial charge in [-0.25, -0.2) is 8.42 Å². The van der Waals surface area contributed by atoms with Crippen molar-refractivity contribution in [2.45, 2.75) is 37.5 Å². The van der Waals surface area contributed by atoms with Gasteiger partial charge in [0.05, 0.1) is 17.1 Å². The number of nitrogens with zero attached hydrogens (tertiary/aromatic N) is 2. The first-order chi connectivity index (χ1) is 12.9. The van der Waals surface area contributed by atoms with E-state index in [1.54, 1.807) is 12.4 Å². The summed E-state index contributed by atoms with van der Waals surface area (Å²) in [7, 11) is -3.61. The van der Waals surface area contributed by atoms with E-state index >= 15 is 0 Å². The number of sulfonamides is 1. The van der Waals surface area contributed by atoms with E-state index in [4.69, 9.17) is 4.74 Å². The molecule has 0 spiro atoms. The summed E-state index contributed by atoms with van der Waals surface area (Å²) in [6.07, 6.45) is 3.02. The van der Waals surface area contributed by atoms with Crippen LogP contribution in [0.3, 0.4) is 0 Å². The molecule has 8 heteroatoms. The molecule has 144 valence electrons. The number of carbonyl (C=O) groups is 1. The van der Waals surface area contributed by atoms with Crippen molar-refractivity contribution in [2.75, 3.05) is 13.1 Å². The van der Waals surface area contributed by atoms with Crippen LogP contribution in [0.2, 0.25) is 0 Å². The van der Waals surface area contributed by atoms with Gasteiger partial charge >= 0.3 is 0 Å². The molecule has 0 bridgehead atoms. The second kappa shape index (κ2) is 8.16. The van der Waals surface area contributed by atoms with Crippen molar-refractivity contribution in [3.63, 3.8) is 0 Å². The molecule has 2 unspecified atom stereocenters. The second-order valence-corrected chi connectivity index (χ2v) is 8.58. The van der Waals surface area contributed by atoms with Crippen LogP contribution >= 0.6 is 0 Å². The van der Waals surface area contributed by atoms with Crippen molar-refractivity contribution < 1.29 is 17.9 Å². The predicted molar refractivity (Wildman–Crippen MR) is 101 cm³/mol. The van der Waals surface area contributed by atoms with Crippen LogP contribution < -0.4 is 5.32 Å². The zero-order valence-electron chi connectivity index (χ0n) is 15.3. The van der Waals surface area contributed by atoms with Crippen LogP contribution in [-0.2, 0) is 21.3 Å². The molecule has 1 amide bonds. The average molecular weight is 389 g/mol. The van der Waals surface area contributed by atoms with Gasteiger partial charge < -0.3 is 10.1 Å². The highest BCUT2D eigenvalue weighted by atomic mass is 32.2. The van der Waals surface area contributed by atoms with Gasteiger partial charge in [-0.15, -0.1) is 0 Å². The largest absolute Gasteiger partial charge is 0.373 e. The van der Waals surface area contributed by atoms with Crippen molar-refractivity contribution in [3.8, 4) is 0 Å². The number of amides is 1. The lowest BCUT2D eigenvalue weighted by Gasteiger charge is -2.34. The number of aromatic nitrogens is 1. The smallest absolute Gasteiger partial charge is 0.251 e. The Morgan fingerprint density at radius 3 is 2.30 bits per heavy atom. The monoisotopic (exact) mass is 389 g/mol. The van der Waals surface area contributed by atoms with Crippen molar-refractivity contribution in [3.05, 3.63) is 59.9 Å². The van der Waals surface area contributed by atoms with Crippen molar-refractivity contribution in [1.29, 1.82) is 0 Å². The van der Waals surface area contributed by atoms with E-state index in [2.05, 4.69) is 10.3 Å². The van der Waals surface area contributed by atoms with Crippen LogP contribution in [0.1, 0.15) is 29.8 Å². The number of ether oxygens (including phenoxy) is 1. The van der Waals surface area contributed by atoms with Gasteiger partial charge in [-0.3, -0.25) is 9.78 Å². The number of rotatable bonds is 5. The van der Waals surface area contributed by atoms with Crippen LogP contribution in [-0.4, -0.2) is 48.9 Å². The van der Waals surface area contributed by atoms with Gasteiger partial charge in [0.1, 0.15) is 0 Å². The maximum atomic E-state index is 12.8. The van der Waals surface area contributed by atoms with Gasteiger partial charge in [0.25, 0.3) is 5.91 Å². The van der Waals surface area contributed by atoms with Crippen LogP contribution in [0.25, 0.3) is 0 Å². The highest BCUT2D eigenvalue weighted by molar-refractivity contribution is 7.89. The molecule has 0 aliphatic carbocycles. The molecule has 27 heavy (non-hydrogen) atoms. The number of morpholine rings is 1. The molecule has 3 rings (SSSR count). The maximum absolute atomic E-state index is 12.8. The first-order valence-electron chi connectivity index (χ1n) is 8.79. The summed E-state index contributed by atoms with van der Waals surface area (Å²) in [6, 6.07) is 9.65. The molecule has 0 saturated carbocycles. The van der Waals surface area contributed by atoms with E-state index < -0.39 is 10.0 Å². The lowest BCUT2D eigenvalue weighted by atomic mass is 10.2. The summed E-state index contributed by atoms with van der Waals surface area (Å²) >= 11 is 0. The Morgan fingerprint density at radius 2 is 1.70 bits per heavy atom. The Balaban J connectivity index is 1.68. The van der Waals surface area contributed by atoms with E-state index in [0.717, 1.165) is 5.56 Å². The standard InChI is InChI=1S/C19H23N3O4S/c1-14-12-22(13-15(2)26-14)27(24,25)18-5-3-17(4-6-18)19(23)21-11-16-7-9-20-10-8-16/h3-10,14-15H,11-13H2,1-2H3,(H,21,23). The third-order valence-corrected chi connectivity index (χ3v) is 6.19. The quantitative estimate of drug-likeness (QED) is 0.843. The normalized spacial score (nSPS) is 21.0. The van der Waals surface area contributed by atoms with E-state index in [1.165, 1.54) is 28.6 Å². The van der Waals surface area contributed by atoms with E-state index in [9.17, 15) is 13.2 Å². The number of carbonyl (C=O) groups excluding carboxylic acids is 1. The van der Waals surface area contributed by atoms with Crippen LogP contribution in [0.5, 0.6) is 0 Å². The number of benzene rings is 1. The zero-order chi connectivity index (χ0) is 19.4. The third kappa shape index (κ3) is 4.71. The molecular formula is C19H23N3O4S.